The number of furan rings is 1. The first-order chi connectivity index (χ1) is 9.78. The van der Waals surface area contributed by atoms with E-state index in [1.54, 1.807) is 0 Å². The van der Waals surface area contributed by atoms with Gasteiger partial charge in [0.15, 0.2) is 5.76 Å². The molecule has 20 heavy (non-hydrogen) atoms. The van der Waals surface area contributed by atoms with E-state index in [4.69, 9.17) is 4.42 Å². The van der Waals surface area contributed by atoms with Crippen LogP contribution in [0.15, 0.2) is 34.7 Å². The standard InChI is InChI=1S/C16H18N2O2/c19-16(15-7-10-3-1-2-4-14(10)20-15)18-13-8-11-5-6-12(9-13)17-11/h1-4,7,11-13,17H,5-6,8-9H2,(H,18,19). The zero-order chi connectivity index (χ0) is 13.5. The average molecular weight is 270 g/mol. The number of amides is 1. The van der Waals surface area contributed by atoms with Gasteiger partial charge in [-0.05, 0) is 37.8 Å². The molecule has 0 aliphatic carbocycles. The van der Waals surface area contributed by atoms with Gasteiger partial charge in [0.1, 0.15) is 5.58 Å². The summed E-state index contributed by atoms with van der Waals surface area (Å²) in [5, 5.41) is 7.68. The Morgan fingerprint density at radius 1 is 1.20 bits per heavy atom. The van der Waals surface area contributed by atoms with Crippen LogP contribution in [0, 0.1) is 0 Å². The number of nitrogens with one attached hydrogen (secondary N) is 2. The van der Waals surface area contributed by atoms with Crippen LogP contribution in [0.25, 0.3) is 11.0 Å². The zero-order valence-electron chi connectivity index (χ0n) is 11.3. The van der Waals surface area contributed by atoms with Crippen molar-refractivity contribution in [3.63, 3.8) is 0 Å². The van der Waals surface area contributed by atoms with E-state index in [0.29, 0.717) is 17.8 Å². The molecule has 2 atom stereocenters. The van der Waals surface area contributed by atoms with E-state index in [2.05, 4.69) is 10.6 Å². The fourth-order valence-electron chi connectivity index (χ4n) is 3.53. The van der Waals surface area contributed by atoms with E-state index in [-0.39, 0.29) is 11.9 Å². The van der Waals surface area contributed by atoms with Gasteiger partial charge in [0.05, 0.1) is 0 Å². The molecule has 2 saturated heterocycles. The fraction of sp³-hybridized carbons (Fsp3) is 0.438. The first kappa shape index (κ1) is 12.0. The third-order valence-corrected chi connectivity index (χ3v) is 4.46. The Bertz CT molecular complexity index is 604. The second kappa shape index (κ2) is 4.63. The number of piperidine rings is 1. The van der Waals surface area contributed by atoms with Gasteiger partial charge >= 0.3 is 0 Å². The largest absolute Gasteiger partial charge is 0.451 e. The summed E-state index contributed by atoms with van der Waals surface area (Å²) in [4.78, 5) is 12.3. The molecule has 2 aromatic rings. The second-order valence-corrected chi connectivity index (χ2v) is 5.93. The van der Waals surface area contributed by atoms with Crippen molar-refractivity contribution in [3.05, 3.63) is 36.1 Å². The lowest BCUT2D eigenvalue weighted by molar-refractivity contribution is 0.0898. The zero-order valence-corrected chi connectivity index (χ0v) is 11.3. The number of para-hydroxylation sites is 1. The molecule has 2 unspecified atom stereocenters. The highest BCUT2D eigenvalue weighted by atomic mass is 16.3. The first-order valence-electron chi connectivity index (χ1n) is 7.33. The molecule has 1 amide bonds. The normalized spacial score (nSPS) is 28.7. The van der Waals surface area contributed by atoms with Crippen molar-refractivity contribution in [2.75, 3.05) is 0 Å². The van der Waals surface area contributed by atoms with Gasteiger partial charge in [-0.2, -0.15) is 0 Å². The lowest BCUT2D eigenvalue weighted by Gasteiger charge is -2.29. The van der Waals surface area contributed by atoms with E-state index in [9.17, 15) is 4.79 Å². The van der Waals surface area contributed by atoms with E-state index >= 15 is 0 Å². The number of rotatable bonds is 2. The van der Waals surface area contributed by atoms with Crippen LogP contribution in [-0.4, -0.2) is 24.0 Å². The average Bonchev–Trinajstić information content (AvgIpc) is 3.02. The maximum Gasteiger partial charge on any atom is 0.287 e. The van der Waals surface area contributed by atoms with Crippen LogP contribution in [0.3, 0.4) is 0 Å². The Kier molecular flexibility index (Phi) is 2.77. The van der Waals surface area contributed by atoms with E-state index in [1.807, 2.05) is 30.3 Å². The highest BCUT2D eigenvalue weighted by Gasteiger charge is 2.34. The third kappa shape index (κ3) is 2.10. The van der Waals surface area contributed by atoms with Crippen LogP contribution in [0.4, 0.5) is 0 Å². The minimum Gasteiger partial charge on any atom is -0.451 e. The smallest absolute Gasteiger partial charge is 0.287 e. The highest BCUT2D eigenvalue weighted by molar-refractivity contribution is 5.96. The summed E-state index contributed by atoms with van der Waals surface area (Å²) in [6, 6.07) is 11.0. The molecule has 2 aliphatic heterocycles. The van der Waals surface area contributed by atoms with Crippen molar-refractivity contribution >= 4 is 16.9 Å². The topological polar surface area (TPSA) is 54.3 Å². The number of carbonyl (C=O) groups is 1. The summed E-state index contributed by atoms with van der Waals surface area (Å²) < 4.78 is 5.61. The Balaban J connectivity index is 1.49. The van der Waals surface area contributed by atoms with Gasteiger partial charge in [0.2, 0.25) is 0 Å². The molecule has 2 fully saturated rings. The van der Waals surface area contributed by atoms with Gasteiger partial charge in [0, 0.05) is 23.5 Å². The summed E-state index contributed by atoms with van der Waals surface area (Å²) in [7, 11) is 0. The number of benzene rings is 1. The van der Waals surface area contributed by atoms with Crippen molar-refractivity contribution in [1.29, 1.82) is 0 Å². The predicted octanol–water partition coefficient (Wildman–Crippen LogP) is 2.45. The van der Waals surface area contributed by atoms with Gasteiger partial charge in [0.25, 0.3) is 5.91 Å². The SMILES string of the molecule is O=C(NC1CC2CCC(C1)N2)c1cc2ccccc2o1. The lowest BCUT2D eigenvalue weighted by atomic mass is 10.00. The summed E-state index contributed by atoms with van der Waals surface area (Å²) in [6.07, 6.45) is 4.54. The molecule has 4 rings (SSSR count). The molecule has 4 nitrogen and oxygen atoms in total. The molecule has 1 aromatic carbocycles. The molecular weight excluding hydrogens is 252 g/mol. The Labute approximate surface area is 117 Å². The predicted molar refractivity (Wildman–Crippen MR) is 76.6 cm³/mol. The van der Waals surface area contributed by atoms with Crippen LogP contribution in [0.1, 0.15) is 36.2 Å². The molecule has 2 N–H and O–H groups in total. The van der Waals surface area contributed by atoms with Gasteiger partial charge in [-0.3, -0.25) is 4.79 Å². The number of fused-ring (bicyclic) bond motifs is 3. The number of carbonyl (C=O) groups excluding carboxylic acids is 1. The molecule has 0 radical (unpaired) electrons. The van der Waals surface area contributed by atoms with Crippen LogP contribution >= 0.6 is 0 Å². The molecule has 0 spiro atoms. The summed E-state index contributed by atoms with van der Waals surface area (Å²) in [6.45, 7) is 0. The van der Waals surface area contributed by atoms with Crippen LogP contribution < -0.4 is 10.6 Å². The van der Waals surface area contributed by atoms with Crippen LogP contribution in [0.2, 0.25) is 0 Å². The molecule has 2 bridgehead atoms. The molecule has 2 aliphatic rings. The maximum absolute atomic E-state index is 12.3. The van der Waals surface area contributed by atoms with Crippen molar-refractivity contribution in [3.8, 4) is 0 Å². The Morgan fingerprint density at radius 2 is 1.95 bits per heavy atom. The maximum atomic E-state index is 12.3. The monoisotopic (exact) mass is 270 g/mol. The van der Waals surface area contributed by atoms with Crippen molar-refractivity contribution in [2.24, 2.45) is 0 Å². The fourth-order valence-corrected chi connectivity index (χ4v) is 3.53. The van der Waals surface area contributed by atoms with Gasteiger partial charge in [-0.25, -0.2) is 0 Å². The molecular formula is C16H18N2O2. The minimum absolute atomic E-state index is 0.0903. The van der Waals surface area contributed by atoms with Gasteiger partial charge < -0.3 is 15.1 Å². The summed E-state index contributed by atoms with van der Waals surface area (Å²) in [5.41, 5.74) is 0.767. The summed E-state index contributed by atoms with van der Waals surface area (Å²) in [5.74, 6) is 0.324. The quantitative estimate of drug-likeness (QED) is 0.881. The van der Waals surface area contributed by atoms with Crippen molar-refractivity contribution < 1.29 is 9.21 Å². The van der Waals surface area contributed by atoms with E-state index < -0.39 is 0 Å². The molecule has 1 aromatic heterocycles. The number of hydrogen-bond donors (Lipinski definition) is 2. The van der Waals surface area contributed by atoms with Crippen molar-refractivity contribution in [2.45, 2.75) is 43.8 Å². The first-order valence-corrected chi connectivity index (χ1v) is 7.33. The molecule has 3 heterocycles. The molecule has 0 saturated carbocycles. The Morgan fingerprint density at radius 3 is 2.70 bits per heavy atom. The van der Waals surface area contributed by atoms with Crippen LogP contribution in [0.5, 0.6) is 0 Å². The van der Waals surface area contributed by atoms with Crippen molar-refractivity contribution in [1.82, 2.24) is 10.6 Å². The number of hydrogen-bond acceptors (Lipinski definition) is 3. The molecule has 4 heteroatoms. The lowest BCUT2D eigenvalue weighted by Crippen LogP contribution is -2.47. The highest BCUT2D eigenvalue weighted by Crippen LogP contribution is 2.27. The third-order valence-electron chi connectivity index (χ3n) is 4.46. The van der Waals surface area contributed by atoms with Crippen LogP contribution in [-0.2, 0) is 0 Å². The van der Waals surface area contributed by atoms with E-state index in [0.717, 1.165) is 23.8 Å². The van der Waals surface area contributed by atoms with E-state index in [1.165, 1.54) is 12.8 Å². The van der Waals surface area contributed by atoms with Gasteiger partial charge in [-0.15, -0.1) is 0 Å². The minimum atomic E-state index is -0.0903. The van der Waals surface area contributed by atoms with Gasteiger partial charge in [-0.1, -0.05) is 18.2 Å². The Hall–Kier alpha value is -1.81. The second-order valence-electron chi connectivity index (χ2n) is 5.93. The summed E-state index contributed by atoms with van der Waals surface area (Å²) >= 11 is 0. The molecule has 104 valence electrons.